The fourth-order valence-electron chi connectivity index (χ4n) is 1.91. The van der Waals surface area contributed by atoms with E-state index in [0.29, 0.717) is 6.04 Å². The smallest absolute Gasteiger partial charge is 0.118 e. The zero-order valence-corrected chi connectivity index (χ0v) is 12.2. The summed E-state index contributed by atoms with van der Waals surface area (Å²) in [6.45, 7) is 2.38. The molecular formula is C14H23NO2S. The van der Waals surface area contributed by atoms with Crippen LogP contribution >= 0.6 is 11.8 Å². The molecule has 0 aliphatic carbocycles. The van der Waals surface area contributed by atoms with E-state index in [-0.39, 0.29) is 12.6 Å². The Kier molecular flexibility index (Phi) is 7.16. The number of hydrogen-bond acceptors (Lipinski definition) is 4. The molecule has 4 heteroatoms. The van der Waals surface area contributed by atoms with E-state index in [4.69, 9.17) is 9.84 Å². The molecule has 0 amide bonds. The van der Waals surface area contributed by atoms with E-state index in [2.05, 4.69) is 30.6 Å². The molecule has 2 atom stereocenters. The molecule has 0 saturated heterocycles. The van der Waals surface area contributed by atoms with Crippen LogP contribution in [-0.4, -0.2) is 36.9 Å². The second kappa shape index (κ2) is 8.40. The lowest BCUT2D eigenvalue weighted by molar-refractivity contribution is 0.265. The molecular weight excluding hydrogens is 246 g/mol. The lowest BCUT2D eigenvalue weighted by atomic mass is 10.1. The summed E-state index contributed by atoms with van der Waals surface area (Å²) >= 11 is 1.80. The number of methoxy groups -OCH3 is 1. The third-order valence-electron chi connectivity index (χ3n) is 2.95. The SMILES string of the molecule is COc1ccc(C(C)NC(CCO)CSC)cc1. The molecule has 1 rings (SSSR count). The number of thioether (sulfide) groups is 1. The second-order valence-electron chi connectivity index (χ2n) is 4.33. The lowest BCUT2D eigenvalue weighted by Crippen LogP contribution is -2.34. The van der Waals surface area contributed by atoms with E-state index in [1.807, 2.05) is 12.1 Å². The first-order valence-electron chi connectivity index (χ1n) is 6.21. The number of benzene rings is 1. The minimum atomic E-state index is 0.230. The largest absolute Gasteiger partial charge is 0.497 e. The Labute approximate surface area is 114 Å². The average Bonchev–Trinajstić information content (AvgIpc) is 2.39. The number of ether oxygens (including phenoxy) is 1. The van der Waals surface area contributed by atoms with Gasteiger partial charge < -0.3 is 15.2 Å². The van der Waals surface area contributed by atoms with Crippen LogP contribution in [0.4, 0.5) is 0 Å². The zero-order valence-electron chi connectivity index (χ0n) is 11.3. The van der Waals surface area contributed by atoms with Gasteiger partial charge in [-0.15, -0.1) is 0 Å². The van der Waals surface area contributed by atoms with Gasteiger partial charge in [-0.25, -0.2) is 0 Å². The van der Waals surface area contributed by atoms with Crippen molar-refractivity contribution in [3.63, 3.8) is 0 Å². The molecule has 3 nitrogen and oxygen atoms in total. The monoisotopic (exact) mass is 269 g/mol. The highest BCUT2D eigenvalue weighted by Gasteiger charge is 2.12. The molecule has 0 saturated carbocycles. The van der Waals surface area contributed by atoms with Crippen molar-refractivity contribution in [3.8, 4) is 5.75 Å². The summed E-state index contributed by atoms with van der Waals surface area (Å²) in [6, 6.07) is 8.73. The molecule has 1 aromatic carbocycles. The zero-order chi connectivity index (χ0) is 13.4. The van der Waals surface area contributed by atoms with E-state index in [0.717, 1.165) is 17.9 Å². The number of aliphatic hydroxyl groups excluding tert-OH is 1. The van der Waals surface area contributed by atoms with Crippen molar-refractivity contribution < 1.29 is 9.84 Å². The van der Waals surface area contributed by atoms with Gasteiger partial charge in [0.25, 0.3) is 0 Å². The fraction of sp³-hybridized carbons (Fsp3) is 0.571. The van der Waals surface area contributed by atoms with E-state index in [9.17, 15) is 0 Å². The summed E-state index contributed by atoms with van der Waals surface area (Å²) in [7, 11) is 1.67. The van der Waals surface area contributed by atoms with Crippen molar-refractivity contribution >= 4 is 11.8 Å². The summed E-state index contributed by atoms with van der Waals surface area (Å²) in [5.41, 5.74) is 1.24. The molecule has 0 aromatic heterocycles. The minimum Gasteiger partial charge on any atom is -0.497 e. The molecule has 18 heavy (non-hydrogen) atoms. The summed E-state index contributed by atoms with van der Waals surface area (Å²) in [4.78, 5) is 0. The van der Waals surface area contributed by atoms with Gasteiger partial charge in [0.2, 0.25) is 0 Å². The topological polar surface area (TPSA) is 41.5 Å². The maximum atomic E-state index is 9.05. The molecule has 0 bridgehead atoms. The molecule has 0 radical (unpaired) electrons. The number of aliphatic hydroxyl groups is 1. The third kappa shape index (κ3) is 4.88. The highest BCUT2D eigenvalue weighted by Crippen LogP contribution is 2.18. The molecule has 0 aliphatic rings. The quantitative estimate of drug-likeness (QED) is 0.761. The molecule has 0 aliphatic heterocycles. The first-order valence-corrected chi connectivity index (χ1v) is 7.60. The van der Waals surface area contributed by atoms with Gasteiger partial charge in [-0.3, -0.25) is 0 Å². The van der Waals surface area contributed by atoms with Crippen LogP contribution in [0.3, 0.4) is 0 Å². The van der Waals surface area contributed by atoms with Crippen LogP contribution in [0.15, 0.2) is 24.3 Å². The highest BCUT2D eigenvalue weighted by molar-refractivity contribution is 7.98. The van der Waals surface area contributed by atoms with E-state index in [1.165, 1.54) is 5.56 Å². The molecule has 0 heterocycles. The van der Waals surface area contributed by atoms with Gasteiger partial charge in [-0.05, 0) is 37.3 Å². The molecule has 2 unspecified atom stereocenters. The van der Waals surface area contributed by atoms with Gasteiger partial charge >= 0.3 is 0 Å². The van der Waals surface area contributed by atoms with Crippen LogP contribution in [0.2, 0.25) is 0 Å². The predicted molar refractivity (Wildman–Crippen MR) is 78.4 cm³/mol. The maximum Gasteiger partial charge on any atom is 0.118 e. The highest BCUT2D eigenvalue weighted by atomic mass is 32.2. The lowest BCUT2D eigenvalue weighted by Gasteiger charge is -2.22. The first kappa shape index (κ1) is 15.3. The molecule has 102 valence electrons. The van der Waals surface area contributed by atoms with Gasteiger partial charge in [-0.2, -0.15) is 11.8 Å². The van der Waals surface area contributed by atoms with Crippen molar-refractivity contribution in [1.29, 1.82) is 0 Å². The van der Waals surface area contributed by atoms with Gasteiger partial charge in [-0.1, -0.05) is 12.1 Å². The van der Waals surface area contributed by atoms with Crippen molar-refractivity contribution in [1.82, 2.24) is 5.32 Å². The summed E-state index contributed by atoms with van der Waals surface area (Å²) in [5.74, 6) is 1.89. The standard InChI is InChI=1S/C14H23NO2S/c1-11(15-13(8-9-16)10-18-3)12-4-6-14(17-2)7-5-12/h4-7,11,13,15-16H,8-10H2,1-3H3. The summed E-state index contributed by atoms with van der Waals surface area (Å²) < 4.78 is 5.15. The van der Waals surface area contributed by atoms with Crippen LogP contribution in [0.5, 0.6) is 5.75 Å². The van der Waals surface area contributed by atoms with Gasteiger partial charge in [0.15, 0.2) is 0 Å². The summed E-state index contributed by atoms with van der Waals surface area (Å²) in [5, 5.41) is 12.6. The second-order valence-corrected chi connectivity index (χ2v) is 5.24. The fourth-order valence-corrected chi connectivity index (χ4v) is 2.58. The molecule has 0 fully saturated rings. The number of hydrogen-bond donors (Lipinski definition) is 2. The Bertz CT molecular complexity index is 323. The van der Waals surface area contributed by atoms with Crippen LogP contribution in [0.1, 0.15) is 24.9 Å². The van der Waals surface area contributed by atoms with Crippen LogP contribution < -0.4 is 10.1 Å². The van der Waals surface area contributed by atoms with Gasteiger partial charge in [0.1, 0.15) is 5.75 Å². The molecule has 2 N–H and O–H groups in total. The van der Waals surface area contributed by atoms with E-state index in [1.54, 1.807) is 18.9 Å². The number of rotatable bonds is 8. The Morgan fingerprint density at radius 2 is 2.00 bits per heavy atom. The molecule has 1 aromatic rings. The van der Waals surface area contributed by atoms with Crippen molar-refractivity contribution in [2.75, 3.05) is 25.7 Å². The van der Waals surface area contributed by atoms with Crippen LogP contribution in [0, 0.1) is 0 Å². The Morgan fingerprint density at radius 1 is 1.33 bits per heavy atom. The Balaban J connectivity index is 2.58. The number of nitrogens with one attached hydrogen (secondary N) is 1. The predicted octanol–water partition coefficient (Wildman–Crippen LogP) is 2.46. The normalized spacial score (nSPS) is 14.2. The van der Waals surface area contributed by atoms with E-state index >= 15 is 0 Å². The van der Waals surface area contributed by atoms with Crippen molar-refractivity contribution in [3.05, 3.63) is 29.8 Å². The first-order chi connectivity index (χ1) is 8.71. The third-order valence-corrected chi connectivity index (χ3v) is 3.68. The van der Waals surface area contributed by atoms with Crippen molar-refractivity contribution in [2.45, 2.75) is 25.4 Å². The van der Waals surface area contributed by atoms with Crippen LogP contribution in [-0.2, 0) is 0 Å². The Morgan fingerprint density at radius 3 is 2.50 bits per heavy atom. The summed E-state index contributed by atoms with van der Waals surface area (Å²) in [6.07, 6.45) is 2.88. The van der Waals surface area contributed by atoms with Gasteiger partial charge in [0, 0.05) is 24.4 Å². The Hall–Kier alpha value is -0.710. The van der Waals surface area contributed by atoms with E-state index < -0.39 is 0 Å². The average molecular weight is 269 g/mol. The molecule has 0 spiro atoms. The van der Waals surface area contributed by atoms with Gasteiger partial charge in [0.05, 0.1) is 7.11 Å². The van der Waals surface area contributed by atoms with Crippen LogP contribution in [0.25, 0.3) is 0 Å². The maximum absolute atomic E-state index is 9.05. The minimum absolute atomic E-state index is 0.230. The van der Waals surface area contributed by atoms with Crippen molar-refractivity contribution in [2.24, 2.45) is 0 Å².